The molecule has 0 aliphatic carbocycles. The average molecular weight is 392 g/mol. The van der Waals surface area contributed by atoms with Crippen LogP contribution in [0.2, 0.25) is 0 Å². The fourth-order valence-corrected chi connectivity index (χ4v) is 3.81. The minimum atomic E-state index is -3.70. The van der Waals surface area contributed by atoms with E-state index in [0.717, 1.165) is 4.31 Å². The lowest BCUT2D eigenvalue weighted by Crippen LogP contribution is -2.41. The van der Waals surface area contributed by atoms with Crippen molar-refractivity contribution in [1.82, 2.24) is 18.6 Å². The van der Waals surface area contributed by atoms with Crippen LogP contribution >= 0.6 is 0 Å². The maximum atomic E-state index is 12.7. The Kier molecular flexibility index (Phi) is 4.79. The van der Waals surface area contributed by atoms with E-state index >= 15 is 0 Å². The molecule has 10 heteroatoms. The van der Waals surface area contributed by atoms with E-state index in [1.807, 2.05) is 0 Å². The Hall–Kier alpha value is -2.72. The van der Waals surface area contributed by atoms with E-state index in [4.69, 9.17) is 4.52 Å². The maximum absolute atomic E-state index is 12.7. The molecule has 0 spiro atoms. The molecule has 0 fully saturated rings. The molecule has 9 nitrogen and oxygen atoms in total. The topological polar surface area (TPSA) is 107 Å². The predicted octanol–water partition coefficient (Wildman–Crippen LogP) is 0.778. The van der Waals surface area contributed by atoms with Crippen molar-refractivity contribution in [3.8, 4) is 0 Å². The Morgan fingerprint density at radius 2 is 1.74 bits per heavy atom. The summed E-state index contributed by atoms with van der Waals surface area (Å²) in [5.41, 5.74) is 0.0110. The summed E-state index contributed by atoms with van der Waals surface area (Å²) < 4.78 is 33.8. The molecule has 1 aromatic carbocycles. The fraction of sp³-hybridized carbons (Fsp3) is 0.353. The number of aromatic nitrogens is 3. The number of benzene rings is 1. The second-order valence-corrected chi connectivity index (χ2v) is 8.47. The van der Waals surface area contributed by atoms with Gasteiger partial charge in [0, 0.05) is 26.7 Å². The van der Waals surface area contributed by atoms with Crippen molar-refractivity contribution in [3.05, 3.63) is 56.4 Å². The molecule has 0 aliphatic heterocycles. The van der Waals surface area contributed by atoms with Crippen LogP contribution in [0.1, 0.15) is 18.4 Å². The third-order valence-corrected chi connectivity index (χ3v) is 6.10. The van der Waals surface area contributed by atoms with E-state index in [-0.39, 0.29) is 18.0 Å². The van der Waals surface area contributed by atoms with Gasteiger partial charge >= 0.3 is 11.1 Å². The SMILES string of the molecule is CCn1c(=O)c(=O)n(Cc2cc(C)no2)c2cc(S(=O)(=O)N(C)C)ccc21. The first-order valence-electron chi connectivity index (χ1n) is 8.29. The van der Waals surface area contributed by atoms with Crippen molar-refractivity contribution >= 4 is 21.1 Å². The Bertz CT molecular complexity index is 1230. The molecule has 0 atom stereocenters. The smallest absolute Gasteiger partial charge is 0.317 e. The van der Waals surface area contributed by atoms with Gasteiger partial charge in [-0.2, -0.15) is 0 Å². The monoisotopic (exact) mass is 392 g/mol. The van der Waals surface area contributed by atoms with Crippen molar-refractivity contribution in [2.24, 2.45) is 0 Å². The summed E-state index contributed by atoms with van der Waals surface area (Å²) >= 11 is 0. The summed E-state index contributed by atoms with van der Waals surface area (Å²) in [6.07, 6.45) is 0. The van der Waals surface area contributed by atoms with Crippen molar-refractivity contribution in [3.63, 3.8) is 0 Å². The summed E-state index contributed by atoms with van der Waals surface area (Å²) in [5.74, 6) is 0.394. The Morgan fingerprint density at radius 3 is 2.30 bits per heavy atom. The molecular weight excluding hydrogens is 372 g/mol. The molecule has 0 N–H and O–H groups in total. The van der Waals surface area contributed by atoms with Crippen LogP contribution in [-0.2, 0) is 23.1 Å². The molecule has 0 unspecified atom stereocenters. The van der Waals surface area contributed by atoms with E-state index in [1.54, 1.807) is 19.9 Å². The standard InChI is InChI=1S/C17H20N4O5S/c1-5-20-14-7-6-13(27(24,25)19(3)4)9-15(14)21(17(23)16(20)22)10-12-8-11(2)18-26-12/h6-9H,5,10H2,1-4H3. The van der Waals surface area contributed by atoms with Gasteiger partial charge in [-0.15, -0.1) is 0 Å². The zero-order valence-corrected chi connectivity index (χ0v) is 16.3. The number of rotatable bonds is 5. The second kappa shape index (κ2) is 6.78. The van der Waals surface area contributed by atoms with Gasteiger partial charge in [-0.05, 0) is 32.0 Å². The molecule has 0 saturated heterocycles. The van der Waals surface area contributed by atoms with Crippen LogP contribution in [0, 0.1) is 6.92 Å². The maximum Gasteiger partial charge on any atom is 0.317 e. The lowest BCUT2D eigenvalue weighted by molar-refractivity contribution is 0.372. The van der Waals surface area contributed by atoms with Crippen LogP contribution in [0.15, 0.2) is 43.3 Å². The van der Waals surface area contributed by atoms with Crippen LogP contribution in [0.3, 0.4) is 0 Å². The number of sulfonamides is 1. The van der Waals surface area contributed by atoms with Crippen LogP contribution in [-0.4, -0.2) is 41.1 Å². The quantitative estimate of drug-likeness (QED) is 0.594. The minimum absolute atomic E-state index is 0.0264. The number of aryl methyl sites for hydroxylation is 2. The van der Waals surface area contributed by atoms with Crippen molar-refractivity contribution in [1.29, 1.82) is 0 Å². The van der Waals surface area contributed by atoms with E-state index in [2.05, 4.69) is 5.16 Å². The van der Waals surface area contributed by atoms with Gasteiger partial charge in [0.05, 0.1) is 28.2 Å². The lowest BCUT2D eigenvalue weighted by Gasteiger charge is -2.16. The van der Waals surface area contributed by atoms with Crippen LogP contribution in [0.4, 0.5) is 0 Å². The minimum Gasteiger partial charge on any atom is -0.359 e. The summed E-state index contributed by atoms with van der Waals surface area (Å²) in [6, 6.07) is 6.03. The lowest BCUT2D eigenvalue weighted by atomic mass is 10.2. The van der Waals surface area contributed by atoms with Gasteiger partial charge in [0.25, 0.3) is 0 Å². The van der Waals surface area contributed by atoms with Gasteiger partial charge in [-0.3, -0.25) is 14.2 Å². The highest BCUT2D eigenvalue weighted by Gasteiger charge is 2.21. The number of fused-ring (bicyclic) bond motifs is 1. The van der Waals surface area contributed by atoms with E-state index in [9.17, 15) is 18.0 Å². The average Bonchev–Trinajstić information content (AvgIpc) is 3.03. The molecule has 3 rings (SSSR count). The largest absolute Gasteiger partial charge is 0.359 e. The summed E-state index contributed by atoms with van der Waals surface area (Å²) in [6.45, 7) is 3.74. The van der Waals surface area contributed by atoms with Crippen LogP contribution < -0.4 is 11.1 Å². The van der Waals surface area contributed by atoms with Gasteiger partial charge in [-0.25, -0.2) is 12.7 Å². The fourth-order valence-electron chi connectivity index (χ4n) is 2.89. The number of nitrogens with zero attached hydrogens (tertiary/aromatic N) is 4. The van der Waals surface area contributed by atoms with Crippen LogP contribution in [0.5, 0.6) is 0 Å². The van der Waals surface area contributed by atoms with Gasteiger partial charge < -0.3 is 9.09 Å². The molecule has 0 saturated carbocycles. The molecule has 0 aliphatic rings. The zero-order chi connectivity index (χ0) is 19.9. The summed E-state index contributed by atoms with van der Waals surface area (Å²) in [5, 5.41) is 3.78. The molecule has 2 heterocycles. The van der Waals surface area contributed by atoms with Gasteiger partial charge in [0.2, 0.25) is 10.0 Å². The number of hydrogen-bond acceptors (Lipinski definition) is 6. The normalized spacial score (nSPS) is 12.2. The first-order chi connectivity index (χ1) is 12.7. The highest BCUT2D eigenvalue weighted by atomic mass is 32.2. The van der Waals surface area contributed by atoms with E-state index < -0.39 is 21.1 Å². The van der Waals surface area contributed by atoms with Gasteiger partial charge in [0.15, 0.2) is 5.76 Å². The van der Waals surface area contributed by atoms with Gasteiger partial charge in [-0.1, -0.05) is 5.16 Å². The molecule has 144 valence electrons. The molecule has 0 bridgehead atoms. The predicted molar refractivity (Wildman–Crippen MR) is 99.4 cm³/mol. The highest BCUT2D eigenvalue weighted by molar-refractivity contribution is 7.89. The molecule has 27 heavy (non-hydrogen) atoms. The second-order valence-electron chi connectivity index (χ2n) is 6.31. The first-order valence-corrected chi connectivity index (χ1v) is 9.73. The zero-order valence-electron chi connectivity index (χ0n) is 15.5. The van der Waals surface area contributed by atoms with Crippen LogP contribution in [0.25, 0.3) is 11.0 Å². The van der Waals surface area contributed by atoms with Crippen molar-refractivity contribution in [2.75, 3.05) is 14.1 Å². The Labute approximate surface area is 155 Å². The Balaban J connectivity index is 2.36. The van der Waals surface area contributed by atoms with Crippen molar-refractivity contribution in [2.45, 2.75) is 31.8 Å². The van der Waals surface area contributed by atoms with Gasteiger partial charge in [0.1, 0.15) is 0 Å². The third kappa shape index (κ3) is 3.21. The van der Waals surface area contributed by atoms with E-state index in [1.165, 1.54) is 41.4 Å². The molecular formula is C17H20N4O5S. The van der Waals surface area contributed by atoms with E-state index in [0.29, 0.717) is 22.5 Å². The third-order valence-electron chi connectivity index (χ3n) is 4.29. The molecule has 0 radical (unpaired) electrons. The highest BCUT2D eigenvalue weighted by Crippen LogP contribution is 2.20. The summed E-state index contributed by atoms with van der Waals surface area (Å²) in [7, 11) is -0.847. The Morgan fingerprint density at radius 1 is 1.07 bits per heavy atom. The molecule has 3 aromatic rings. The number of hydrogen-bond donors (Lipinski definition) is 0. The molecule has 2 aromatic heterocycles. The first kappa shape index (κ1) is 19.1. The van der Waals surface area contributed by atoms with Crippen molar-refractivity contribution < 1.29 is 12.9 Å². The molecule has 0 amide bonds. The summed E-state index contributed by atoms with van der Waals surface area (Å²) in [4.78, 5) is 25.2.